The van der Waals surface area contributed by atoms with E-state index in [4.69, 9.17) is 0 Å². The van der Waals surface area contributed by atoms with Crippen LogP contribution in [-0.4, -0.2) is 29.5 Å². The van der Waals surface area contributed by atoms with Crippen LogP contribution in [0, 0.1) is 0 Å². The van der Waals surface area contributed by atoms with Gasteiger partial charge in [-0.15, -0.1) is 0 Å². The Kier molecular flexibility index (Phi) is 4.19. The summed E-state index contributed by atoms with van der Waals surface area (Å²) >= 11 is 0. The monoisotopic (exact) mass is 385 g/mol. The minimum atomic E-state index is 0.194. The zero-order valence-corrected chi connectivity index (χ0v) is 16.6. The standard InChI is InChI=1S/C23H23N5O/c1-15-19-12-22(26-16-5-3-9-24-13-16)25-14-20(19)18-8-7-17(11-21(18)27(15)2)28-10-4-6-23(28)29/h3,5,7-9,11-15H,4,6,10H2,1-2H3,(H,25,26). The van der Waals surface area contributed by atoms with Gasteiger partial charge in [0.2, 0.25) is 5.91 Å². The van der Waals surface area contributed by atoms with E-state index in [2.05, 4.69) is 58.4 Å². The Balaban J connectivity index is 1.53. The first-order valence-electron chi connectivity index (χ1n) is 9.96. The fourth-order valence-electron chi connectivity index (χ4n) is 4.24. The SMILES string of the molecule is CC1c2cc(Nc3cccnc3)ncc2-c2ccc(N3CCCC3=O)cc2N1C. The molecule has 1 fully saturated rings. The summed E-state index contributed by atoms with van der Waals surface area (Å²) in [6, 6.07) is 12.5. The molecular formula is C23H23N5O. The zero-order valence-electron chi connectivity index (χ0n) is 16.6. The van der Waals surface area contributed by atoms with Gasteiger partial charge in [-0.25, -0.2) is 4.98 Å². The molecule has 5 rings (SSSR count). The van der Waals surface area contributed by atoms with E-state index in [1.807, 2.05) is 23.2 Å². The Morgan fingerprint density at radius 1 is 1.14 bits per heavy atom. The van der Waals surface area contributed by atoms with Gasteiger partial charge >= 0.3 is 0 Å². The van der Waals surface area contributed by atoms with Crippen molar-refractivity contribution in [3.8, 4) is 11.1 Å². The topological polar surface area (TPSA) is 61.4 Å². The molecule has 6 heteroatoms. The number of benzene rings is 1. The van der Waals surface area contributed by atoms with Gasteiger partial charge in [-0.1, -0.05) is 6.07 Å². The van der Waals surface area contributed by atoms with Crippen molar-refractivity contribution < 1.29 is 4.79 Å². The Morgan fingerprint density at radius 2 is 2.03 bits per heavy atom. The van der Waals surface area contributed by atoms with Crippen LogP contribution in [-0.2, 0) is 4.79 Å². The normalized spacial score (nSPS) is 17.9. The van der Waals surface area contributed by atoms with Crippen molar-refractivity contribution >= 4 is 28.8 Å². The molecule has 29 heavy (non-hydrogen) atoms. The Labute approximate surface area is 170 Å². The van der Waals surface area contributed by atoms with Crippen molar-refractivity contribution in [3.63, 3.8) is 0 Å². The molecule has 1 unspecified atom stereocenters. The van der Waals surface area contributed by atoms with Crippen molar-refractivity contribution in [2.45, 2.75) is 25.8 Å². The van der Waals surface area contributed by atoms with Crippen molar-refractivity contribution in [3.05, 3.63) is 60.6 Å². The van der Waals surface area contributed by atoms with E-state index < -0.39 is 0 Å². The number of nitrogens with zero attached hydrogens (tertiary/aromatic N) is 4. The smallest absolute Gasteiger partial charge is 0.227 e. The molecule has 0 spiro atoms. The Hall–Kier alpha value is -3.41. The van der Waals surface area contributed by atoms with Crippen molar-refractivity contribution in [2.24, 2.45) is 0 Å². The number of carbonyl (C=O) groups is 1. The van der Waals surface area contributed by atoms with Crippen molar-refractivity contribution in [1.29, 1.82) is 0 Å². The lowest BCUT2D eigenvalue weighted by Crippen LogP contribution is -2.28. The molecule has 6 nitrogen and oxygen atoms in total. The van der Waals surface area contributed by atoms with Crippen LogP contribution < -0.4 is 15.1 Å². The molecule has 1 amide bonds. The molecule has 0 bridgehead atoms. The summed E-state index contributed by atoms with van der Waals surface area (Å²) in [6.45, 7) is 3.00. The molecular weight excluding hydrogens is 362 g/mol. The van der Waals surface area contributed by atoms with E-state index in [1.54, 1.807) is 12.4 Å². The second-order valence-electron chi connectivity index (χ2n) is 7.66. The third kappa shape index (κ3) is 3.01. The lowest BCUT2D eigenvalue weighted by atomic mass is 9.90. The van der Waals surface area contributed by atoms with Gasteiger partial charge in [-0.2, -0.15) is 0 Å². The third-order valence-corrected chi connectivity index (χ3v) is 5.94. The van der Waals surface area contributed by atoms with Crippen LogP contribution in [0.25, 0.3) is 11.1 Å². The Bertz CT molecular complexity index is 1080. The molecule has 0 saturated carbocycles. The van der Waals surface area contributed by atoms with E-state index >= 15 is 0 Å². The molecule has 1 N–H and O–H groups in total. The number of anilines is 4. The fourth-order valence-corrected chi connectivity index (χ4v) is 4.24. The average molecular weight is 385 g/mol. The summed E-state index contributed by atoms with van der Waals surface area (Å²) in [4.78, 5) is 25.1. The Morgan fingerprint density at radius 3 is 2.79 bits per heavy atom. The number of rotatable bonds is 3. The van der Waals surface area contributed by atoms with Gasteiger partial charge in [-0.3, -0.25) is 9.78 Å². The number of pyridine rings is 2. The van der Waals surface area contributed by atoms with E-state index in [0.717, 1.165) is 47.0 Å². The lowest BCUT2D eigenvalue weighted by molar-refractivity contribution is -0.117. The minimum Gasteiger partial charge on any atom is -0.367 e. The summed E-state index contributed by atoms with van der Waals surface area (Å²) in [5, 5.41) is 3.33. The van der Waals surface area contributed by atoms with Gasteiger partial charge in [0.15, 0.2) is 0 Å². The molecule has 0 aliphatic carbocycles. The zero-order chi connectivity index (χ0) is 20.0. The molecule has 0 radical (unpaired) electrons. The highest BCUT2D eigenvalue weighted by molar-refractivity contribution is 5.97. The number of hydrogen-bond donors (Lipinski definition) is 1. The van der Waals surface area contributed by atoms with Gasteiger partial charge in [0.05, 0.1) is 17.9 Å². The van der Waals surface area contributed by atoms with Crippen LogP contribution in [0.3, 0.4) is 0 Å². The second-order valence-corrected chi connectivity index (χ2v) is 7.66. The lowest BCUT2D eigenvalue weighted by Gasteiger charge is -2.36. The summed E-state index contributed by atoms with van der Waals surface area (Å²) < 4.78 is 0. The molecule has 2 aliphatic heterocycles. The molecule has 4 heterocycles. The third-order valence-electron chi connectivity index (χ3n) is 5.94. The van der Waals surface area contributed by atoms with Gasteiger partial charge in [-0.05, 0) is 49.2 Å². The maximum Gasteiger partial charge on any atom is 0.227 e. The number of nitrogens with one attached hydrogen (secondary N) is 1. The van der Waals surface area contributed by atoms with E-state index in [9.17, 15) is 4.79 Å². The van der Waals surface area contributed by atoms with Crippen LogP contribution in [0.5, 0.6) is 0 Å². The van der Waals surface area contributed by atoms with Gasteiger partial charge in [0, 0.05) is 54.9 Å². The van der Waals surface area contributed by atoms with Crippen molar-refractivity contribution in [2.75, 3.05) is 28.7 Å². The number of fused-ring (bicyclic) bond motifs is 3. The fraction of sp³-hybridized carbons (Fsp3) is 0.261. The van der Waals surface area contributed by atoms with Crippen LogP contribution in [0.15, 0.2) is 55.0 Å². The molecule has 1 saturated heterocycles. The van der Waals surface area contributed by atoms with Gasteiger partial charge in [0.1, 0.15) is 5.82 Å². The van der Waals surface area contributed by atoms with E-state index in [1.165, 1.54) is 5.56 Å². The maximum atomic E-state index is 12.2. The molecule has 1 aromatic carbocycles. The molecule has 2 aliphatic rings. The molecule has 2 aromatic heterocycles. The van der Waals surface area contributed by atoms with Gasteiger partial charge < -0.3 is 15.1 Å². The van der Waals surface area contributed by atoms with Gasteiger partial charge in [0.25, 0.3) is 0 Å². The second kappa shape index (κ2) is 6.88. The minimum absolute atomic E-state index is 0.194. The van der Waals surface area contributed by atoms with Crippen LogP contribution in [0.4, 0.5) is 22.9 Å². The first-order chi connectivity index (χ1) is 14.1. The highest BCUT2D eigenvalue weighted by atomic mass is 16.2. The maximum absolute atomic E-state index is 12.2. The summed E-state index contributed by atoms with van der Waals surface area (Å²) in [5.41, 5.74) is 6.55. The van der Waals surface area contributed by atoms with E-state index in [0.29, 0.717) is 6.42 Å². The number of aromatic nitrogens is 2. The van der Waals surface area contributed by atoms with E-state index in [-0.39, 0.29) is 11.9 Å². The summed E-state index contributed by atoms with van der Waals surface area (Å²) in [6.07, 6.45) is 7.05. The number of hydrogen-bond acceptors (Lipinski definition) is 5. The quantitative estimate of drug-likeness (QED) is 0.718. The highest BCUT2D eigenvalue weighted by Crippen LogP contribution is 2.45. The van der Waals surface area contributed by atoms with Crippen LogP contribution >= 0.6 is 0 Å². The highest BCUT2D eigenvalue weighted by Gasteiger charge is 2.29. The van der Waals surface area contributed by atoms with Crippen LogP contribution in [0.2, 0.25) is 0 Å². The first kappa shape index (κ1) is 17.7. The van der Waals surface area contributed by atoms with Crippen LogP contribution in [0.1, 0.15) is 31.4 Å². The average Bonchev–Trinajstić information content (AvgIpc) is 3.18. The number of amides is 1. The van der Waals surface area contributed by atoms with Crippen molar-refractivity contribution in [1.82, 2.24) is 9.97 Å². The predicted octanol–water partition coefficient (Wildman–Crippen LogP) is 4.52. The summed E-state index contributed by atoms with van der Waals surface area (Å²) in [5.74, 6) is 1.02. The first-order valence-corrected chi connectivity index (χ1v) is 9.96. The molecule has 1 atom stereocenters. The largest absolute Gasteiger partial charge is 0.367 e. The number of carbonyl (C=O) groups excluding carboxylic acids is 1. The predicted molar refractivity (Wildman–Crippen MR) is 116 cm³/mol. The molecule has 3 aromatic rings. The summed E-state index contributed by atoms with van der Waals surface area (Å²) in [7, 11) is 2.11. The molecule has 146 valence electrons.